The van der Waals surface area contributed by atoms with Crippen molar-refractivity contribution in [3.63, 3.8) is 0 Å². The molecule has 0 aliphatic carbocycles. The van der Waals surface area contributed by atoms with Gasteiger partial charge in [-0.1, -0.05) is 42.5 Å². The minimum absolute atomic E-state index is 0.0571. The topological polar surface area (TPSA) is 142 Å². The van der Waals surface area contributed by atoms with Crippen LogP contribution in [0.2, 0.25) is 0 Å². The average molecular weight is 467 g/mol. The zero-order valence-corrected chi connectivity index (χ0v) is 18.7. The minimum Gasteiger partial charge on any atom is -0.378 e. The first kappa shape index (κ1) is 23.1. The molecule has 174 valence electrons. The molecule has 2 aromatic heterocycles. The molecule has 0 radical (unpaired) electrons. The molecule has 0 amide bonds. The van der Waals surface area contributed by atoms with E-state index in [1.165, 1.54) is 12.3 Å². The summed E-state index contributed by atoms with van der Waals surface area (Å²) in [6, 6.07) is 22.4. The van der Waals surface area contributed by atoms with Crippen molar-refractivity contribution in [1.82, 2.24) is 15.0 Å². The predicted molar refractivity (Wildman–Crippen MR) is 134 cm³/mol. The maximum atomic E-state index is 10.7. The molecule has 4 aromatic rings. The Morgan fingerprint density at radius 3 is 2.34 bits per heavy atom. The molecule has 35 heavy (non-hydrogen) atoms. The minimum atomic E-state index is -0.487. The number of rotatable bonds is 10. The molecule has 2 heterocycles. The number of aromatic nitrogens is 3. The summed E-state index contributed by atoms with van der Waals surface area (Å²) in [6.45, 7) is 1.63. The first-order valence-electron chi connectivity index (χ1n) is 10.9. The number of nitrogens with zero attached hydrogens (tertiary/aromatic N) is 5. The highest BCUT2D eigenvalue weighted by molar-refractivity contribution is 5.75. The van der Waals surface area contributed by atoms with Crippen LogP contribution in [0.5, 0.6) is 0 Å². The summed E-state index contributed by atoms with van der Waals surface area (Å²) in [6.07, 6.45) is 2.95. The van der Waals surface area contributed by atoms with Crippen LogP contribution in [0.15, 0.2) is 79.1 Å². The smallest absolute Gasteiger partial charge is 0.287 e. The standard InChI is InChI=1S/C25H22N8O2/c26-14-18-6-8-20(9-7-18)24-22(29-15-19-4-2-1-3-5-19)17-31-25(32-24)28-13-12-27-23-11-10-21(16-30-23)33(34)35/h1-11,16-17,29H,12-13,15H2,(H,27,30)(H,28,31,32). The summed E-state index contributed by atoms with van der Waals surface area (Å²) in [7, 11) is 0. The second-order valence-corrected chi connectivity index (χ2v) is 7.50. The molecule has 3 N–H and O–H groups in total. The highest BCUT2D eigenvalue weighted by Crippen LogP contribution is 2.27. The summed E-state index contributed by atoms with van der Waals surface area (Å²) in [4.78, 5) is 23.4. The Labute approximate surface area is 201 Å². The Morgan fingerprint density at radius 1 is 0.886 bits per heavy atom. The van der Waals surface area contributed by atoms with Crippen LogP contribution in [-0.4, -0.2) is 33.0 Å². The average Bonchev–Trinajstić information content (AvgIpc) is 2.91. The number of nitrogens with one attached hydrogen (secondary N) is 3. The van der Waals surface area contributed by atoms with Gasteiger partial charge >= 0.3 is 0 Å². The van der Waals surface area contributed by atoms with Crippen LogP contribution in [0, 0.1) is 21.4 Å². The maximum Gasteiger partial charge on any atom is 0.287 e. The van der Waals surface area contributed by atoms with Gasteiger partial charge in [-0.15, -0.1) is 0 Å². The van der Waals surface area contributed by atoms with Gasteiger partial charge in [0.1, 0.15) is 12.0 Å². The lowest BCUT2D eigenvalue weighted by Gasteiger charge is -2.14. The van der Waals surface area contributed by atoms with Gasteiger partial charge in [0.2, 0.25) is 5.95 Å². The molecule has 0 fully saturated rings. The number of benzene rings is 2. The van der Waals surface area contributed by atoms with E-state index in [2.05, 4.69) is 32.0 Å². The van der Waals surface area contributed by atoms with Crippen LogP contribution in [0.1, 0.15) is 11.1 Å². The molecular weight excluding hydrogens is 444 g/mol. The quantitative estimate of drug-likeness (QED) is 0.175. The van der Waals surface area contributed by atoms with Crippen molar-refractivity contribution in [3.8, 4) is 17.3 Å². The highest BCUT2D eigenvalue weighted by atomic mass is 16.6. The lowest BCUT2D eigenvalue weighted by molar-refractivity contribution is -0.385. The zero-order valence-electron chi connectivity index (χ0n) is 18.7. The van der Waals surface area contributed by atoms with Crippen LogP contribution >= 0.6 is 0 Å². The summed E-state index contributed by atoms with van der Waals surface area (Å²) in [5.41, 5.74) is 4.00. The van der Waals surface area contributed by atoms with Gasteiger partial charge in [-0.25, -0.2) is 15.0 Å². The van der Waals surface area contributed by atoms with Gasteiger partial charge in [0.25, 0.3) is 5.69 Å². The van der Waals surface area contributed by atoms with E-state index < -0.39 is 4.92 Å². The largest absolute Gasteiger partial charge is 0.378 e. The van der Waals surface area contributed by atoms with Gasteiger partial charge in [0, 0.05) is 31.3 Å². The lowest BCUT2D eigenvalue weighted by Crippen LogP contribution is -2.16. The van der Waals surface area contributed by atoms with E-state index in [9.17, 15) is 10.1 Å². The molecule has 2 aromatic carbocycles. The maximum absolute atomic E-state index is 10.7. The molecule has 0 atom stereocenters. The van der Waals surface area contributed by atoms with Crippen LogP contribution in [0.4, 0.5) is 23.1 Å². The van der Waals surface area contributed by atoms with Crippen molar-refractivity contribution in [3.05, 3.63) is 100 Å². The van der Waals surface area contributed by atoms with Crippen molar-refractivity contribution in [2.75, 3.05) is 29.0 Å². The predicted octanol–water partition coefficient (Wildman–Crippen LogP) is 4.45. The second kappa shape index (κ2) is 11.2. The molecule has 0 saturated carbocycles. The SMILES string of the molecule is N#Cc1ccc(-c2nc(NCCNc3ccc([N+](=O)[O-])cn3)ncc2NCc2ccccc2)cc1. The first-order valence-corrected chi connectivity index (χ1v) is 10.9. The van der Waals surface area contributed by atoms with Crippen LogP contribution in [0.3, 0.4) is 0 Å². The Balaban J connectivity index is 1.44. The number of nitriles is 1. The van der Waals surface area contributed by atoms with E-state index in [4.69, 9.17) is 10.2 Å². The highest BCUT2D eigenvalue weighted by Gasteiger charge is 2.11. The zero-order chi connectivity index (χ0) is 24.5. The second-order valence-electron chi connectivity index (χ2n) is 7.50. The molecule has 0 unspecified atom stereocenters. The van der Waals surface area contributed by atoms with E-state index in [1.54, 1.807) is 24.4 Å². The normalized spacial score (nSPS) is 10.3. The molecule has 4 rings (SSSR count). The number of pyridine rings is 1. The van der Waals surface area contributed by atoms with E-state index >= 15 is 0 Å². The monoisotopic (exact) mass is 466 g/mol. The first-order chi connectivity index (χ1) is 17.1. The summed E-state index contributed by atoms with van der Waals surface area (Å²) in [5, 5.41) is 29.5. The van der Waals surface area contributed by atoms with Crippen LogP contribution in [0.25, 0.3) is 11.3 Å². The molecule has 0 aliphatic rings. The fourth-order valence-electron chi connectivity index (χ4n) is 3.28. The van der Waals surface area contributed by atoms with Crippen molar-refractivity contribution in [1.29, 1.82) is 5.26 Å². The van der Waals surface area contributed by atoms with Gasteiger partial charge in [-0.3, -0.25) is 10.1 Å². The lowest BCUT2D eigenvalue weighted by atomic mass is 10.1. The number of nitro groups is 1. The van der Waals surface area contributed by atoms with Crippen LogP contribution in [-0.2, 0) is 6.54 Å². The molecular formula is C25H22N8O2. The van der Waals surface area contributed by atoms with Crippen molar-refractivity contribution < 1.29 is 4.92 Å². The van der Waals surface area contributed by atoms with Crippen molar-refractivity contribution in [2.24, 2.45) is 0 Å². The van der Waals surface area contributed by atoms with Crippen molar-refractivity contribution in [2.45, 2.75) is 6.54 Å². The van der Waals surface area contributed by atoms with E-state index in [0.717, 1.165) is 16.8 Å². The Morgan fingerprint density at radius 2 is 1.66 bits per heavy atom. The van der Waals surface area contributed by atoms with E-state index in [1.807, 2.05) is 42.5 Å². The molecule has 0 aliphatic heterocycles. The Kier molecular flexibility index (Phi) is 7.40. The number of hydrogen-bond acceptors (Lipinski definition) is 9. The number of hydrogen-bond donors (Lipinski definition) is 3. The van der Waals surface area contributed by atoms with Crippen LogP contribution < -0.4 is 16.0 Å². The molecule has 0 spiro atoms. The van der Waals surface area contributed by atoms with Gasteiger partial charge in [0.05, 0.1) is 34.1 Å². The third kappa shape index (κ3) is 6.27. The Hall–Kier alpha value is -5.04. The molecule has 0 bridgehead atoms. The van der Waals surface area contributed by atoms with E-state index in [-0.39, 0.29) is 5.69 Å². The fourth-order valence-corrected chi connectivity index (χ4v) is 3.28. The third-order valence-electron chi connectivity index (χ3n) is 5.07. The number of anilines is 3. The summed E-state index contributed by atoms with van der Waals surface area (Å²) < 4.78 is 0. The van der Waals surface area contributed by atoms with Crippen molar-refractivity contribution >= 4 is 23.1 Å². The van der Waals surface area contributed by atoms with Gasteiger partial charge < -0.3 is 16.0 Å². The van der Waals surface area contributed by atoms with Gasteiger partial charge in [0.15, 0.2) is 0 Å². The molecule has 0 saturated heterocycles. The summed E-state index contributed by atoms with van der Waals surface area (Å²) in [5.74, 6) is 0.991. The van der Waals surface area contributed by atoms with E-state index in [0.29, 0.717) is 42.7 Å². The summed E-state index contributed by atoms with van der Waals surface area (Å²) >= 11 is 0. The van der Waals surface area contributed by atoms with Gasteiger partial charge in [-0.05, 0) is 23.8 Å². The molecule has 10 nitrogen and oxygen atoms in total. The Bertz CT molecular complexity index is 1320. The van der Waals surface area contributed by atoms with Gasteiger partial charge in [-0.2, -0.15) is 5.26 Å². The molecule has 10 heteroatoms. The third-order valence-corrected chi connectivity index (χ3v) is 5.07. The fraction of sp³-hybridized carbons (Fsp3) is 0.120.